The molecular formula is C47H80O6. The van der Waals surface area contributed by atoms with Gasteiger partial charge in [0.2, 0.25) is 0 Å². The molecule has 0 heterocycles. The molecule has 0 aliphatic carbocycles. The molecule has 0 saturated carbocycles. The van der Waals surface area contributed by atoms with Gasteiger partial charge in [-0.05, 0) is 57.8 Å². The molecular weight excluding hydrogens is 661 g/mol. The van der Waals surface area contributed by atoms with E-state index >= 15 is 0 Å². The number of rotatable bonds is 38. The van der Waals surface area contributed by atoms with Gasteiger partial charge in [0.15, 0.2) is 6.10 Å². The van der Waals surface area contributed by atoms with Gasteiger partial charge in [-0.2, -0.15) is 0 Å². The molecule has 0 aromatic heterocycles. The Bertz CT molecular complexity index is 991. The summed E-state index contributed by atoms with van der Waals surface area (Å²) in [5, 5.41) is 0. The van der Waals surface area contributed by atoms with Gasteiger partial charge in [-0.3, -0.25) is 14.4 Å². The third-order valence-corrected chi connectivity index (χ3v) is 9.04. The summed E-state index contributed by atoms with van der Waals surface area (Å²) in [5.41, 5.74) is 0. The van der Waals surface area contributed by atoms with E-state index in [2.05, 4.69) is 81.5 Å². The molecule has 0 fully saturated rings. The van der Waals surface area contributed by atoms with Crippen molar-refractivity contribution in [3.63, 3.8) is 0 Å². The highest BCUT2D eigenvalue weighted by molar-refractivity contribution is 5.71. The van der Waals surface area contributed by atoms with Gasteiger partial charge in [0, 0.05) is 19.3 Å². The van der Waals surface area contributed by atoms with Crippen LogP contribution in [0.25, 0.3) is 0 Å². The van der Waals surface area contributed by atoms with Crippen molar-refractivity contribution in [2.75, 3.05) is 13.2 Å². The predicted octanol–water partition coefficient (Wildman–Crippen LogP) is 13.7. The Morgan fingerprint density at radius 1 is 0.396 bits per heavy atom. The highest BCUT2D eigenvalue weighted by Crippen LogP contribution is 2.13. The number of allylic oxidation sites excluding steroid dienone is 10. The molecule has 0 radical (unpaired) electrons. The van der Waals surface area contributed by atoms with Gasteiger partial charge < -0.3 is 14.2 Å². The van der Waals surface area contributed by atoms with Gasteiger partial charge >= 0.3 is 17.9 Å². The van der Waals surface area contributed by atoms with Gasteiger partial charge in [-0.25, -0.2) is 0 Å². The zero-order valence-electron chi connectivity index (χ0n) is 34.5. The standard InChI is InChI=1S/C47H80O6/c1-4-7-10-13-16-19-20-21-22-23-24-25-26-29-31-34-37-40-46(49)52-43-44(53-47(50)41-38-35-32-28-18-15-12-9-6-3)42-51-45(48)39-36-33-30-27-17-14-11-8-5-2/h7,10,16,19,21-22,24-25,29,31,44H,4-6,8-9,11-15,17-18,20,23,26-28,30,32-43H2,1-3H3/b10-7-,19-16-,22-21-,25-24-,31-29-/t44-/m1/s1. The second-order valence-electron chi connectivity index (χ2n) is 14.2. The van der Waals surface area contributed by atoms with Crippen LogP contribution in [-0.2, 0) is 28.6 Å². The van der Waals surface area contributed by atoms with Crippen molar-refractivity contribution < 1.29 is 28.6 Å². The van der Waals surface area contributed by atoms with E-state index in [1.54, 1.807) is 0 Å². The van der Waals surface area contributed by atoms with Crippen molar-refractivity contribution in [1.82, 2.24) is 0 Å². The van der Waals surface area contributed by atoms with Crippen molar-refractivity contribution >= 4 is 17.9 Å². The SMILES string of the molecule is CC/C=C\C/C=C\C/C=C\C/C=C\C/C=C\CCCC(=O)OC[C@@H](COC(=O)CCCCCCCCCCC)OC(=O)CCCCCCCCCCC. The molecule has 0 unspecified atom stereocenters. The molecule has 304 valence electrons. The second-order valence-corrected chi connectivity index (χ2v) is 14.2. The Balaban J connectivity index is 4.42. The summed E-state index contributed by atoms with van der Waals surface area (Å²) in [6, 6.07) is 0. The van der Waals surface area contributed by atoms with Crippen molar-refractivity contribution in [3.8, 4) is 0 Å². The molecule has 0 spiro atoms. The first-order chi connectivity index (χ1) is 26.0. The highest BCUT2D eigenvalue weighted by Gasteiger charge is 2.19. The van der Waals surface area contributed by atoms with Crippen LogP contribution in [0.15, 0.2) is 60.8 Å². The van der Waals surface area contributed by atoms with Crippen LogP contribution in [0.1, 0.15) is 201 Å². The van der Waals surface area contributed by atoms with Crippen LogP contribution in [0.2, 0.25) is 0 Å². The zero-order chi connectivity index (χ0) is 38.7. The lowest BCUT2D eigenvalue weighted by Gasteiger charge is -2.18. The molecule has 0 bridgehead atoms. The summed E-state index contributed by atoms with van der Waals surface area (Å²) < 4.78 is 16.6. The fourth-order valence-corrected chi connectivity index (χ4v) is 5.77. The lowest BCUT2D eigenvalue weighted by molar-refractivity contribution is -0.167. The van der Waals surface area contributed by atoms with Crippen LogP contribution in [-0.4, -0.2) is 37.2 Å². The number of hydrogen-bond acceptors (Lipinski definition) is 6. The third-order valence-electron chi connectivity index (χ3n) is 9.04. The summed E-state index contributed by atoms with van der Waals surface area (Å²) in [4.78, 5) is 37.5. The molecule has 6 heteroatoms. The van der Waals surface area contributed by atoms with E-state index in [1.807, 2.05) is 0 Å². The van der Waals surface area contributed by atoms with Crippen molar-refractivity contribution in [2.24, 2.45) is 0 Å². The van der Waals surface area contributed by atoms with Gasteiger partial charge in [-0.15, -0.1) is 0 Å². The lowest BCUT2D eigenvalue weighted by Crippen LogP contribution is -2.30. The van der Waals surface area contributed by atoms with Gasteiger partial charge in [0.05, 0.1) is 0 Å². The average molecular weight is 741 g/mol. The van der Waals surface area contributed by atoms with E-state index in [-0.39, 0.29) is 37.5 Å². The molecule has 0 saturated heterocycles. The van der Waals surface area contributed by atoms with Crippen LogP contribution in [0.5, 0.6) is 0 Å². The maximum Gasteiger partial charge on any atom is 0.306 e. The van der Waals surface area contributed by atoms with E-state index in [0.29, 0.717) is 19.3 Å². The summed E-state index contributed by atoms with van der Waals surface area (Å²) in [6.07, 6.45) is 49.3. The lowest BCUT2D eigenvalue weighted by atomic mass is 10.1. The van der Waals surface area contributed by atoms with E-state index in [0.717, 1.165) is 77.0 Å². The Kier molecular flexibility index (Phi) is 39.6. The largest absolute Gasteiger partial charge is 0.462 e. The molecule has 0 aromatic carbocycles. The fourth-order valence-electron chi connectivity index (χ4n) is 5.77. The van der Waals surface area contributed by atoms with Crippen molar-refractivity contribution in [2.45, 2.75) is 207 Å². The number of ether oxygens (including phenoxy) is 3. The summed E-state index contributed by atoms with van der Waals surface area (Å²) >= 11 is 0. The molecule has 1 atom stereocenters. The minimum Gasteiger partial charge on any atom is -0.462 e. The summed E-state index contributed by atoms with van der Waals surface area (Å²) in [5.74, 6) is -0.961. The highest BCUT2D eigenvalue weighted by atomic mass is 16.6. The number of esters is 3. The fraction of sp³-hybridized carbons (Fsp3) is 0.723. The minimum absolute atomic E-state index is 0.0902. The quantitative estimate of drug-likeness (QED) is 0.0271. The topological polar surface area (TPSA) is 78.9 Å². The second kappa shape index (κ2) is 41.9. The maximum atomic E-state index is 12.6. The monoisotopic (exact) mass is 741 g/mol. The van der Waals surface area contributed by atoms with Gasteiger partial charge in [0.25, 0.3) is 0 Å². The molecule has 0 aliphatic rings. The number of carbonyl (C=O) groups is 3. The van der Waals surface area contributed by atoms with Crippen molar-refractivity contribution in [3.05, 3.63) is 60.8 Å². The minimum atomic E-state index is -0.789. The third kappa shape index (κ3) is 40.1. The zero-order valence-corrected chi connectivity index (χ0v) is 34.5. The molecule has 0 aromatic rings. The van der Waals surface area contributed by atoms with Crippen molar-refractivity contribution in [1.29, 1.82) is 0 Å². The van der Waals surface area contributed by atoms with E-state index in [4.69, 9.17) is 14.2 Å². The van der Waals surface area contributed by atoms with Gasteiger partial charge in [-0.1, -0.05) is 184 Å². The molecule has 6 nitrogen and oxygen atoms in total. The van der Waals surface area contributed by atoms with E-state index in [9.17, 15) is 14.4 Å². The summed E-state index contributed by atoms with van der Waals surface area (Å²) in [6.45, 7) is 6.41. The van der Waals surface area contributed by atoms with E-state index in [1.165, 1.54) is 77.0 Å². The molecule has 0 amide bonds. The van der Waals surface area contributed by atoms with Gasteiger partial charge in [0.1, 0.15) is 13.2 Å². The van der Waals surface area contributed by atoms with Crippen LogP contribution < -0.4 is 0 Å². The average Bonchev–Trinajstić information content (AvgIpc) is 3.15. The Labute approximate surface area is 326 Å². The van der Waals surface area contributed by atoms with Crippen LogP contribution >= 0.6 is 0 Å². The number of carbonyl (C=O) groups excluding carboxylic acids is 3. The number of hydrogen-bond donors (Lipinski definition) is 0. The number of unbranched alkanes of at least 4 members (excludes halogenated alkanes) is 17. The van der Waals surface area contributed by atoms with Crippen LogP contribution in [0.3, 0.4) is 0 Å². The molecule has 0 aliphatic heterocycles. The van der Waals surface area contributed by atoms with Crippen LogP contribution in [0, 0.1) is 0 Å². The van der Waals surface area contributed by atoms with Crippen LogP contribution in [0.4, 0.5) is 0 Å². The normalized spacial score (nSPS) is 12.6. The molecule has 0 rings (SSSR count). The summed E-state index contributed by atoms with van der Waals surface area (Å²) in [7, 11) is 0. The molecule has 0 N–H and O–H groups in total. The Hall–Kier alpha value is -2.89. The first-order valence-corrected chi connectivity index (χ1v) is 21.8. The predicted molar refractivity (Wildman–Crippen MR) is 224 cm³/mol. The Morgan fingerprint density at radius 2 is 0.736 bits per heavy atom. The first kappa shape index (κ1) is 50.1. The Morgan fingerprint density at radius 3 is 1.15 bits per heavy atom. The maximum absolute atomic E-state index is 12.6. The first-order valence-electron chi connectivity index (χ1n) is 21.8. The smallest absolute Gasteiger partial charge is 0.306 e. The van der Waals surface area contributed by atoms with E-state index < -0.39 is 6.10 Å². The molecule has 53 heavy (non-hydrogen) atoms.